The third kappa shape index (κ3) is 5.16. The van der Waals surface area contributed by atoms with Gasteiger partial charge in [0.05, 0.1) is 0 Å². The number of hydrogen-bond donors (Lipinski definition) is 2. The Morgan fingerprint density at radius 2 is 2.09 bits per heavy atom. The van der Waals surface area contributed by atoms with Crippen LogP contribution in [-0.4, -0.2) is 75.4 Å². The predicted octanol–water partition coefficient (Wildman–Crippen LogP) is 1.77. The van der Waals surface area contributed by atoms with Crippen LogP contribution < -0.4 is 10.6 Å². The van der Waals surface area contributed by atoms with Crippen molar-refractivity contribution >= 4 is 74.9 Å². The Kier molecular flexibility index (Phi) is 9.25. The molecule has 0 spiro atoms. The summed E-state index contributed by atoms with van der Waals surface area (Å²) in [5.74, 6) is -0.142. The van der Waals surface area contributed by atoms with Gasteiger partial charge in [-0.15, -0.1) is 46.3 Å². The van der Waals surface area contributed by atoms with Crippen LogP contribution in [0.25, 0.3) is 0 Å². The number of nitrogens with zero attached hydrogens (tertiary/aromatic N) is 3. The Morgan fingerprint density at radius 3 is 2.69 bits per heavy atom. The van der Waals surface area contributed by atoms with Gasteiger partial charge in [-0.25, -0.2) is 4.98 Å². The van der Waals surface area contributed by atoms with Crippen LogP contribution in [0.3, 0.4) is 0 Å². The van der Waals surface area contributed by atoms with Gasteiger partial charge < -0.3 is 20.4 Å². The van der Waals surface area contributed by atoms with Crippen molar-refractivity contribution in [2.75, 3.05) is 29.9 Å². The van der Waals surface area contributed by atoms with E-state index in [2.05, 4.69) is 27.7 Å². The first-order valence-electron chi connectivity index (χ1n) is 9.16. The highest BCUT2D eigenvalue weighted by molar-refractivity contribution is 8.00. The fraction of sp³-hybridized carbons (Fsp3) is 0.588. The first-order valence-corrected chi connectivity index (χ1v) is 12.2. The minimum Gasteiger partial charge on any atom is -0.398 e. The number of anilines is 1. The second-order valence-electron chi connectivity index (χ2n) is 7.20. The molecule has 2 N–H and O–H groups in total. The lowest BCUT2D eigenvalue weighted by Gasteiger charge is -2.58. The molecule has 2 saturated heterocycles. The predicted molar refractivity (Wildman–Crippen MR) is 125 cm³/mol. The van der Waals surface area contributed by atoms with E-state index in [1.807, 2.05) is 6.92 Å². The van der Waals surface area contributed by atoms with Crippen molar-refractivity contribution in [3.8, 4) is 0 Å². The number of carbonyl (C=O) groups is 3. The van der Waals surface area contributed by atoms with Gasteiger partial charge in [0.15, 0.2) is 10.8 Å². The van der Waals surface area contributed by atoms with Crippen LogP contribution in [0.15, 0.2) is 10.5 Å². The number of aromatic nitrogens is 1. The van der Waals surface area contributed by atoms with Crippen molar-refractivity contribution in [3.05, 3.63) is 21.0 Å². The highest BCUT2D eigenvalue weighted by Crippen LogP contribution is 2.46. The van der Waals surface area contributed by atoms with Gasteiger partial charge in [0, 0.05) is 38.4 Å². The lowest BCUT2D eigenvalue weighted by Crippen LogP contribution is -2.76. The van der Waals surface area contributed by atoms with Crippen LogP contribution >= 0.6 is 46.3 Å². The molecule has 3 heterocycles. The van der Waals surface area contributed by atoms with Crippen molar-refractivity contribution in [2.45, 2.75) is 31.3 Å². The molecule has 2 aliphatic rings. The Hall–Kier alpha value is -1.96. The van der Waals surface area contributed by atoms with Crippen molar-refractivity contribution in [3.63, 3.8) is 0 Å². The van der Waals surface area contributed by atoms with Gasteiger partial charge >= 0.3 is 0 Å². The zero-order chi connectivity index (χ0) is 24.1. The van der Waals surface area contributed by atoms with Gasteiger partial charge in [0.2, 0.25) is 11.8 Å². The minimum absolute atomic E-state index is 0.0272. The number of alkyl halides is 2. The largest absolute Gasteiger partial charge is 0.398 e. The van der Waals surface area contributed by atoms with Crippen LogP contribution in [0.4, 0.5) is 5.13 Å². The van der Waals surface area contributed by atoms with Gasteiger partial charge in [0.1, 0.15) is 30.1 Å². The summed E-state index contributed by atoms with van der Waals surface area (Å²) in [6.07, 6.45) is 0. The summed E-state index contributed by atoms with van der Waals surface area (Å²) in [5, 5.41) is 10.7. The number of β-lactam (4-membered cyclic amide) rings is 1. The Balaban J connectivity index is 0.00000176. The Morgan fingerprint density at radius 1 is 1.41 bits per heavy atom. The number of amides is 3. The third-order valence-electron chi connectivity index (χ3n) is 5.19. The second-order valence-corrected chi connectivity index (χ2v) is 9.70. The summed E-state index contributed by atoms with van der Waals surface area (Å²) < 4.78 is 0. The van der Waals surface area contributed by atoms with E-state index < -0.39 is 17.9 Å². The Labute approximate surface area is 201 Å². The zero-order valence-corrected chi connectivity index (χ0v) is 20.4. The third-order valence-corrected chi connectivity index (χ3v) is 8.47. The van der Waals surface area contributed by atoms with E-state index in [9.17, 15) is 14.4 Å². The minimum atomic E-state index is -0.666. The molecule has 11 nitrogen and oxygen atoms in total. The van der Waals surface area contributed by atoms with E-state index in [-0.39, 0.29) is 45.2 Å². The molecule has 176 valence electrons. The average Bonchev–Trinajstić information content (AvgIpc) is 3.26. The molecular formula is C17H21Cl2N5O6S2. The van der Waals surface area contributed by atoms with E-state index in [1.54, 1.807) is 22.0 Å². The molecule has 0 aliphatic carbocycles. The molecule has 3 amide bonds. The maximum absolute atomic E-state index is 12.8. The average molecular weight is 526 g/mol. The normalized spacial score (nSPS) is 26.8. The summed E-state index contributed by atoms with van der Waals surface area (Å²) in [6, 6.07) is -0.693. The van der Waals surface area contributed by atoms with E-state index in [1.165, 1.54) is 7.11 Å². The SMILES string of the molecule is CO/N=C(/C(=O)NC1C(=O)N2C1SCC(C)(CCl)C2C)c1csc(NC(=O)CCl)n1.O=O. The van der Waals surface area contributed by atoms with E-state index in [0.717, 1.165) is 17.1 Å². The molecule has 2 fully saturated rings. The highest BCUT2D eigenvalue weighted by Gasteiger charge is 2.57. The summed E-state index contributed by atoms with van der Waals surface area (Å²) in [4.78, 5) is 61.7. The maximum Gasteiger partial charge on any atom is 0.276 e. The van der Waals surface area contributed by atoms with Gasteiger partial charge in [-0.05, 0) is 6.92 Å². The molecule has 0 saturated carbocycles. The van der Waals surface area contributed by atoms with Gasteiger partial charge in [-0.3, -0.25) is 14.4 Å². The molecule has 1 aromatic heterocycles. The zero-order valence-electron chi connectivity index (χ0n) is 17.3. The lowest BCUT2D eigenvalue weighted by atomic mass is 9.83. The molecule has 4 atom stereocenters. The number of nitrogens with one attached hydrogen (secondary N) is 2. The number of hydrogen-bond acceptors (Lipinski definition) is 10. The van der Waals surface area contributed by atoms with Gasteiger partial charge in [-0.1, -0.05) is 12.1 Å². The molecule has 4 unspecified atom stereocenters. The number of thioether (sulfide) groups is 1. The second kappa shape index (κ2) is 11.3. The molecule has 1 aromatic rings. The molecule has 0 bridgehead atoms. The monoisotopic (exact) mass is 525 g/mol. The van der Waals surface area contributed by atoms with Crippen molar-refractivity contribution in [2.24, 2.45) is 10.6 Å². The van der Waals surface area contributed by atoms with E-state index in [4.69, 9.17) is 38.0 Å². The first kappa shape index (κ1) is 26.3. The molecule has 0 radical (unpaired) electrons. The standard InChI is InChI=1S/C17H21Cl2N5O4S2.O2/c1-8-17(2,6-19)7-30-15-12(14(27)24(8)15)22-13(26)11(23-28-3)9-5-29-16(20-9)21-10(25)4-18;1-2/h5,8,12,15H,4,6-7H2,1-3H3,(H,22,26)(H,20,21,25);/b23-11+;. The highest BCUT2D eigenvalue weighted by atomic mass is 35.5. The smallest absolute Gasteiger partial charge is 0.276 e. The Bertz CT molecular complexity index is 903. The van der Waals surface area contributed by atoms with Crippen LogP contribution in [0.2, 0.25) is 0 Å². The molecule has 2 aliphatic heterocycles. The summed E-state index contributed by atoms with van der Waals surface area (Å²) in [5.41, 5.74) is -0.0569. The number of fused-ring (bicyclic) bond motifs is 1. The maximum atomic E-state index is 12.8. The van der Waals surface area contributed by atoms with Crippen LogP contribution in [0.1, 0.15) is 19.5 Å². The summed E-state index contributed by atoms with van der Waals surface area (Å²) >= 11 is 14.3. The van der Waals surface area contributed by atoms with Crippen molar-refractivity contribution < 1.29 is 19.2 Å². The molecular weight excluding hydrogens is 505 g/mol. The summed E-state index contributed by atoms with van der Waals surface area (Å²) in [6.45, 7) is 4.04. The van der Waals surface area contributed by atoms with Crippen molar-refractivity contribution in [1.29, 1.82) is 0 Å². The summed E-state index contributed by atoms with van der Waals surface area (Å²) in [7, 11) is 1.30. The molecule has 3 rings (SSSR count). The number of rotatable bonds is 7. The van der Waals surface area contributed by atoms with Crippen LogP contribution in [-0.2, 0) is 19.2 Å². The number of carbonyl (C=O) groups excluding carboxylic acids is 3. The fourth-order valence-corrected chi connectivity index (χ4v) is 6.11. The molecule has 32 heavy (non-hydrogen) atoms. The quantitative estimate of drug-likeness (QED) is 0.237. The molecule has 0 aromatic carbocycles. The number of thiazole rings is 1. The van der Waals surface area contributed by atoms with Gasteiger partial charge in [0.25, 0.3) is 5.91 Å². The first-order chi connectivity index (χ1) is 15.3. The topological polar surface area (TPSA) is 147 Å². The van der Waals surface area contributed by atoms with E-state index in [0.29, 0.717) is 5.88 Å². The fourth-order valence-electron chi connectivity index (χ4n) is 3.19. The van der Waals surface area contributed by atoms with E-state index >= 15 is 0 Å². The lowest BCUT2D eigenvalue weighted by molar-refractivity contribution is -0.154. The van der Waals surface area contributed by atoms with Crippen LogP contribution in [0, 0.1) is 15.3 Å². The van der Waals surface area contributed by atoms with Crippen LogP contribution in [0.5, 0.6) is 0 Å². The number of halogens is 2. The van der Waals surface area contributed by atoms with Crippen molar-refractivity contribution in [1.82, 2.24) is 15.2 Å². The molecule has 15 heteroatoms. The van der Waals surface area contributed by atoms with Gasteiger partial charge in [-0.2, -0.15) is 0 Å². The number of oxime groups is 1.